The number of anilines is 1. The number of hydrogen-bond donors (Lipinski definition) is 2. The van der Waals surface area contributed by atoms with E-state index in [1.54, 1.807) is 13.2 Å². The Bertz CT molecular complexity index is 1100. The van der Waals surface area contributed by atoms with Gasteiger partial charge in [0.2, 0.25) is 5.96 Å². The molecule has 1 heterocycles. The quantitative estimate of drug-likeness (QED) is 0.463. The van der Waals surface area contributed by atoms with Crippen molar-refractivity contribution in [3.63, 3.8) is 0 Å². The summed E-state index contributed by atoms with van der Waals surface area (Å²) in [6, 6.07) is 14.9. The minimum Gasteiger partial charge on any atom is -0.495 e. The number of ether oxygens (including phenoxy) is 1. The van der Waals surface area contributed by atoms with E-state index in [-0.39, 0.29) is 5.91 Å². The average molecular weight is 420 g/mol. The molecule has 0 atom stereocenters. The lowest BCUT2D eigenvalue weighted by molar-refractivity contribution is 0.0977. The first-order valence-corrected chi connectivity index (χ1v) is 10.3. The summed E-state index contributed by atoms with van der Waals surface area (Å²) in [7, 11) is 1.61. The number of nitrogens with one attached hydrogen (secondary N) is 2. The molecule has 0 radical (unpaired) electrons. The summed E-state index contributed by atoms with van der Waals surface area (Å²) < 4.78 is 7.38. The Hall–Kier alpha value is -3.61. The van der Waals surface area contributed by atoms with E-state index in [9.17, 15) is 4.79 Å². The molecule has 1 aromatic heterocycles. The van der Waals surface area contributed by atoms with Gasteiger partial charge in [-0.3, -0.25) is 14.8 Å². The summed E-state index contributed by atoms with van der Waals surface area (Å²) in [5.74, 6) is 0.771. The van der Waals surface area contributed by atoms with Crippen LogP contribution in [-0.2, 0) is 13.1 Å². The lowest BCUT2D eigenvalue weighted by atomic mass is 10.1. The summed E-state index contributed by atoms with van der Waals surface area (Å²) in [6.45, 7) is 9.21. The van der Waals surface area contributed by atoms with E-state index in [2.05, 4.69) is 27.6 Å². The van der Waals surface area contributed by atoms with Crippen molar-refractivity contribution >= 4 is 17.6 Å². The zero-order valence-corrected chi connectivity index (χ0v) is 18.7. The van der Waals surface area contributed by atoms with E-state index in [4.69, 9.17) is 4.74 Å². The number of hydrogen-bond acceptors (Lipinski definition) is 4. The molecule has 0 aliphatic heterocycles. The SMILES string of the molecule is CCn1nc(C)c(CN=C(NC(=O)c2cccc(C)c2)Nc2ccccc2OC)c1C. The van der Waals surface area contributed by atoms with Gasteiger partial charge in [-0.05, 0) is 52.0 Å². The fourth-order valence-electron chi connectivity index (χ4n) is 3.38. The van der Waals surface area contributed by atoms with Gasteiger partial charge in [0.25, 0.3) is 5.91 Å². The first-order chi connectivity index (χ1) is 14.9. The first-order valence-electron chi connectivity index (χ1n) is 10.3. The number of carbonyl (C=O) groups is 1. The van der Waals surface area contributed by atoms with Crippen molar-refractivity contribution in [2.45, 2.75) is 40.8 Å². The first kappa shape index (κ1) is 22.1. The molecule has 0 saturated carbocycles. The molecular weight excluding hydrogens is 390 g/mol. The molecule has 31 heavy (non-hydrogen) atoms. The Morgan fingerprint density at radius 3 is 2.58 bits per heavy atom. The minimum atomic E-state index is -0.234. The Kier molecular flexibility index (Phi) is 7.07. The summed E-state index contributed by atoms with van der Waals surface area (Å²) in [5, 5.41) is 10.7. The van der Waals surface area contributed by atoms with Gasteiger partial charge in [-0.2, -0.15) is 5.10 Å². The highest BCUT2D eigenvalue weighted by Crippen LogP contribution is 2.23. The lowest BCUT2D eigenvalue weighted by Crippen LogP contribution is -2.36. The summed E-state index contributed by atoms with van der Waals surface area (Å²) in [5.41, 5.74) is 5.36. The van der Waals surface area contributed by atoms with Crippen LogP contribution in [0.1, 0.15) is 39.8 Å². The molecule has 7 heteroatoms. The van der Waals surface area contributed by atoms with E-state index in [1.165, 1.54) is 0 Å². The molecule has 0 saturated heterocycles. The van der Waals surface area contributed by atoms with Gasteiger partial charge in [-0.25, -0.2) is 4.99 Å². The standard InChI is InChI=1S/C24H29N5O2/c1-6-29-18(4)20(17(3)28-29)15-25-24(26-21-12-7-8-13-22(21)31-5)27-23(30)19-11-9-10-16(2)14-19/h7-14H,6,15H2,1-5H3,(H2,25,26,27,30). The molecule has 2 aromatic carbocycles. The Labute approximate surface area is 183 Å². The Morgan fingerprint density at radius 2 is 1.90 bits per heavy atom. The minimum absolute atomic E-state index is 0.234. The zero-order valence-electron chi connectivity index (χ0n) is 18.7. The van der Waals surface area contributed by atoms with Gasteiger partial charge in [-0.1, -0.05) is 29.8 Å². The number of guanidine groups is 1. The predicted molar refractivity (Wildman–Crippen MR) is 124 cm³/mol. The van der Waals surface area contributed by atoms with Crippen LogP contribution in [0.25, 0.3) is 0 Å². The third kappa shape index (κ3) is 5.31. The summed E-state index contributed by atoms with van der Waals surface area (Å²) >= 11 is 0. The van der Waals surface area contributed by atoms with Crippen LogP contribution in [0, 0.1) is 20.8 Å². The molecule has 0 aliphatic carbocycles. The summed E-state index contributed by atoms with van der Waals surface area (Å²) in [4.78, 5) is 17.6. The van der Waals surface area contributed by atoms with Crippen molar-refractivity contribution in [1.82, 2.24) is 15.1 Å². The van der Waals surface area contributed by atoms with Gasteiger partial charge in [0, 0.05) is 23.4 Å². The molecule has 7 nitrogen and oxygen atoms in total. The normalized spacial score (nSPS) is 11.3. The smallest absolute Gasteiger partial charge is 0.257 e. The van der Waals surface area contributed by atoms with E-state index < -0.39 is 0 Å². The predicted octanol–water partition coefficient (Wildman–Crippen LogP) is 4.23. The number of para-hydroxylation sites is 2. The van der Waals surface area contributed by atoms with Crippen LogP contribution in [0.2, 0.25) is 0 Å². The van der Waals surface area contributed by atoms with Crippen LogP contribution in [-0.4, -0.2) is 28.8 Å². The monoisotopic (exact) mass is 419 g/mol. The molecule has 0 aliphatic rings. The number of amides is 1. The zero-order chi connectivity index (χ0) is 22.4. The largest absolute Gasteiger partial charge is 0.495 e. The van der Waals surface area contributed by atoms with E-state index >= 15 is 0 Å². The second-order valence-corrected chi connectivity index (χ2v) is 7.28. The van der Waals surface area contributed by atoms with Crippen molar-refractivity contribution in [2.24, 2.45) is 4.99 Å². The third-order valence-corrected chi connectivity index (χ3v) is 5.10. The number of aromatic nitrogens is 2. The van der Waals surface area contributed by atoms with Crippen LogP contribution < -0.4 is 15.4 Å². The fourth-order valence-corrected chi connectivity index (χ4v) is 3.38. The highest BCUT2D eigenvalue weighted by atomic mass is 16.5. The Balaban J connectivity index is 1.90. The van der Waals surface area contributed by atoms with Crippen LogP contribution in [0.4, 0.5) is 5.69 Å². The van der Waals surface area contributed by atoms with Crippen molar-refractivity contribution in [2.75, 3.05) is 12.4 Å². The van der Waals surface area contributed by atoms with Crippen LogP contribution >= 0.6 is 0 Å². The molecule has 3 aromatic rings. The summed E-state index contributed by atoms with van der Waals surface area (Å²) in [6.07, 6.45) is 0. The van der Waals surface area contributed by atoms with Crippen molar-refractivity contribution < 1.29 is 9.53 Å². The van der Waals surface area contributed by atoms with E-state index in [1.807, 2.05) is 67.9 Å². The maximum absolute atomic E-state index is 12.9. The molecule has 3 rings (SSSR count). The van der Waals surface area contributed by atoms with E-state index in [0.717, 1.165) is 29.1 Å². The lowest BCUT2D eigenvalue weighted by Gasteiger charge is -2.14. The number of aryl methyl sites for hydroxylation is 3. The number of rotatable bonds is 6. The van der Waals surface area contributed by atoms with Gasteiger partial charge >= 0.3 is 0 Å². The van der Waals surface area contributed by atoms with Gasteiger partial charge < -0.3 is 10.1 Å². The molecule has 1 amide bonds. The topological polar surface area (TPSA) is 80.5 Å². The van der Waals surface area contributed by atoms with Gasteiger partial charge in [0.1, 0.15) is 5.75 Å². The van der Waals surface area contributed by atoms with Gasteiger partial charge in [-0.15, -0.1) is 0 Å². The maximum atomic E-state index is 12.9. The highest BCUT2D eigenvalue weighted by Gasteiger charge is 2.14. The van der Waals surface area contributed by atoms with Gasteiger partial charge in [0.15, 0.2) is 0 Å². The van der Waals surface area contributed by atoms with Crippen molar-refractivity contribution in [1.29, 1.82) is 0 Å². The van der Waals surface area contributed by atoms with Crippen molar-refractivity contribution in [3.05, 3.63) is 76.6 Å². The van der Waals surface area contributed by atoms with Gasteiger partial charge in [0.05, 0.1) is 25.0 Å². The molecule has 0 spiro atoms. The molecule has 0 bridgehead atoms. The molecular formula is C24H29N5O2. The third-order valence-electron chi connectivity index (χ3n) is 5.10. The number of aliphatic imine (C=N–C) groups is 1. The molecule has 162 valence electrons. The molecule has 2 N–H and O–H groups in total. The molecule has 0 unspecified atom stereocenters. The Morgan fingerprint density at radius 1 is 1.13 bits per heavy atom. The molecule has 0 fully saturated rings. The maximum Gasteiger partial charge on any atom is 0.257 e. The van der Waals surface area contributed by atoms with Crippen molar-refractivity contribution in [3.8, 4) is 5.75 Å². The van der Waals surface area contributed by atoms with E-state index in [0.29, 0.717) is 29.5 Å². The second kappa shape index (κ2) is 9.93. The van der Waals surface area contributed by atoms with Crippen LogP contribution in [0.3, 0.4) is 0 Å². The second-order valence-electron chi connectivity index (χ2n) is 7.28. The number of benzene rings is 2. The average Bonchev–Trinajstić information content (AvgIpc) is 3.05. The highest BCUT2D eigenvalue weighted by molar-refractivity contribution is 6.10. The number of methoxy groups -OCH3 is 1. The number of nitrogens with zero attached hydrogens (tertiary/aromatic N) is 3. The van der Waals surface area contributed by atoms with Crippen LogP contribution in [0.5, 0.6) is 5.75 Å². The van der Waals surface area contributed by atoms with Crippen LogP contribution in [0.15, 0.2) is 53.5 Å². The fraction of sp³-hybridized carbons (Fsp3) is 0.292. The number of carbonyl (C=O) groups excluding carboxylic acids is 1.